The number of phenols is 4. The zero-order chi connectivity index (χ0) is 28.1. The molecule has 10 heteroatoms. The third-order valence-electron chi connectivity index (χ3n) is 6.44. The van der Waals surface area contributed by atoms with Crippen LogP contribution in [-0.4, -0.2) is 37.7 Å². The number of phenolic OH excluding ortho intramolecular Hbond substituents is 4. The van der Waals surface area contributed by atoms with E-state index < -0.39 is 28.8 Å². The third-order valence-corrected chi connectivity index (χ3v) is 6.44. The van der Waals surface area contributed by atoms with Crippen molar-refractivity contribution in [3.05, 3.63) is 105 Å². The first kappa shape index (κ1) is 24.8. The van der Waals surface area contributed by atoms with Gasteiger partial charge in [-0.25, -0.2) is 0 Å². The topological polar surface area (TPSA) is 171 Å². The van der Waals surface area contributed by atoms with Crippen LogP contribution in [0.4, 0.5) is 0 Å². The highest BCUT2D eigenvalue weighted by Crippen LogP contribution is 2.33. The van der Waals surface area contributed by atoms with Crippen molar-refractivity contribution < 1.29 is 39.1 Å². The van der Waals surface area contributed by atoms with Gasteiger partial charge in [0.25, 0.3) is 0 Å². The Morgan fingerprint density at radius 1 is 0.700 bits per heavy atom. The van der Waals surface area contributed by atoms with Gasteiger partial charge in [0.15, 0.2) is 10.9 Å². The standard InChI is InChI=1S/C30H20O10/c31-16-8-20(34)29-22(36)12-24(39-27(29)10-16)14-1-4-18(5-2-14)38-26-7-15(3-6-19(26)33)25-13-23(37)30-21(35)9-17(32)11-28(30)40-25/h1-13,19,26,31-35H. The summed E-state index contributed by atoms with van der Waals surface area (Å²) < 4.78 is 17.4. The maximum atomic E-state index is 12.6. The summed E-state index contributed by atoms with van der Waals surface area (Å²) in [6.07, 6.45) is 2.76. The number of benzene rings is 3. The summed E-state index contributed by atoms with van der Waals surface area (Å²) in [6.45, 7) is 0. The predicted molar refractivity (Wildman–Crippen MR) is 145 cm³/mol. The lowest BCUT2D eigenvalue weighted by Crippen LogP contribution is -2.30. The molecular formula is C30H20O10. The fourth-order valence-corrected chi connectivity index (χ4v) is 4.56. The van der Waals surface area contributed by atoms with E-state index in [9.17, 15) is 35.1 Å². The summed E-state index contributed by atoms with van der Waals surface area (Å²) in [5.74, 6) is -0.558. The Hall–Kier alpha value is -5.48. The van der Waals surface area contributed by atoms with Crippen LogP contribution in [0.1, 0.15) is 5.76 Å². The van der Waals surface area contributed by atoms with Gasteiger partial charge < -0.3 is 39.1 Å². The fourth-order valence-electron chi connectivity index (χ4n) is 4.56. The minimum absolute atomic E-state index is 0.000699. The van der Waals surface area contributed by atoms with Crippen LogP contribution >= 0.6 is 0 Å². The number of aliphatic hydroxyl groups excluding tert-OH is 1. The molecule has 2 atom stereocenters. The van der Waals surface area contributed by atoms with Crippen molar-refractivity contribution >= 4 is 27.5 Å². The molecule has 5 aromatic rings. The molecule has 1 aliphatic rings. The van der Waals surface area contributed by atoms with Crippen molar-refractivity contribution in [2.45, 2.75) is 12.2 Å². The molecule has 200 valence electrons. The van der Waals surface area contributed by atoms with Crippen LogP contribution in [0, 0.1) is 0 Å². The molecule has 2 heterocycles. The monoisotopic (exact) mass is 540 g/mol. The van der Waals surface area contributed by atoms with Crippen molar-refractivity contribution in [3.8, 4) is 40.1 Å². The molecule has 10 nitrogen and oxygen atoms in total. The van der Waals surface area contributed by atoms with E-state index in [0.29, 0.717) is 16.9 Å². The molecular weight excluding hydrogens is 520 g/mol. The van der Waals surface area contributed by atoms with E-state index >= 15 is 0 Å². The van der Waals surface area contributed by atoms with Crippen LogP contribution in [0.3, 0.4) is 0 Å². The lowest BCUT2D eigenvalue weighted by atomic mass is 9.99. The van der Waals surface area contributed by atoms with Crippen molar-refractivity contribution in [2.75, 3.05) is 0 Å². The molecule has 2 unspecified atom stereocenters. The van der Waals surface area contributed by atoms with Gasteiger partial charge in [-0.3, -0.25) is 9.59 Å². The number of fused-ring (bicyclic) bond motifs is 2. The summed E-state index contributed by atoms with van der Waals surface area (Å²) in [5.41, 5.74) is 0.0138. The number of rotatable bonds is 4. The van der Waals surface area contributed by atoms with Crippen LogP contribution in [0.15, 0.2) is 97.3 Å². The molecule has 0 saturated heterocycles. The Morgan fingerprint density at radius 3 is 1.85 bits per heavy atom. The van der Waals surface area contributed by atoms with Crippen LogP contribution in [0.25, 0.3) is 38.8 Å². The molecule has 40 heavy (non-hydrogen) atoms. The fraction of sp³-hybridized carbons (Fsp3) is 0.0667. The highest BCUT2D eigenvalue weighted by molar-refractivity contribution is 5.87. The Kier molecular flexibility index (Phi) is 5.82. The van der Waals surface area contributed by atoms with Crippen LogP contribution in [-0.2, 0) is 0 Å². The van der Waals surface area contributed by atoms with E-state index in [0.717, 1.165) is 12.1 Å². The molecule has 0 saturated carbocycles. The molecule has 0 bridgehead atoms. The van der Waals surface area contributed by atoms with Gasteiger partial charge in [-0.15, -0.1) is 0 Å². The molecule has 0 amide bonds. The van der Waals surface area contributed by atoms with Crippen molar-refractivity contribution in [1.29, 1.82) is 0 Å². The van der Waals surface area contributed by atoms with Crippen LogP contribution in [0.5, 0.6) is 28.7 Å². The molecule has 1 aliphatic carbocycles. The lowest BCUT2D eigenvalue weighted by Gasteiger charge is -2.23. The minimum Gasteiger partial charge on any atom is -0.508 e. The molecule has 0 aliphatic heterocycles. The average Bonchev–Trinajstić information content (AvgIpc) is 2.89. The maximum absolute atomic E-state index is 12.6. The maximum Gasteiger partial charge on any atom is 0.197 e. The van der Waals surface area contributed by atoms with Crippen molar-refractivity contribution in [2.24, 2.45) is 0 Å². The molecule has 6 rings (SSSR count). The van der Waals surface area contributed by atoms with E-state index in [-0.39, 0.29) is 50.7 Å². The van der Waals surface area contributed by atoms with E-state index in [1.165, 1.54) is 30.3 Å². The number of aliphatic hydroxyl groups is 1. The molecule has 0 radical (unpaired) electrons. The van der Waals surface area contributed by atoms with E-state index in [1.807, 2.05) is 0 Å². The van der Waals surface area contributed by atoms with E-state index in [1.54, 1.807) is 36.4 Å². The number of hydrogen-bond acceptors (Lipinski definition) is 10. The summed E-state index contributed by atoms with van der Waals surface area (Å²) >= 11 is 0. The van der Waals surface area contributed by atoms with Gasteiger partial charge in [0, 0.05) is 47.5 Å². The molecule has 3 aromatic carbocycles. The van der Waals surface area contributed by atoms with Gasteiger partial charge in [-0.1, -0.05) is 12.2 Å². The average molecular weight is 540 g/mol. The van der Waals surface area contributed by atoms with E-state index in [4.69, 9.17) is 13.6 Å². The molecule has 5 N–H and O–H groups in total. The highest BCUT2D eigenvalue weighted by atomic mass is 16.5. The summed E-state index contributed by atoms with van der Waals surface area (Å²) in [5, 5.41) is 49.9. The van der Waals surface area contributed by atoms with Gasteiger partial charge >= 0.3 is 0 Å². The first-order valence-electron chi connectivity index (χ1n) is 12.0. The Morgan fingerprint density at radius 2 is 1.25 bits per heavy atom. The van der Waals surface area contributed by atoms with E-state index in [2.05, 4.69) is 0 Å². The second-order valence-corrected chi connectivity index (χ2v) is 9.20. The zero-order valence-corrected chi connectivity index (χ0v) is 20.4. The van der Waals surface area contributed by atoms with Crippen LogP contribution in [0.2, 0.25) is 0 Å². The Balaban J connectivity index is 1.28. The summed E-state index contributed by atoms with van der Waals surface area (Å²) in [7, 11) is 0. The van der Waals surface area contributed by atoms with Gasteiger partial charge in [0.05, 0.1) is 0 Å². The zero-order valence-electron chi connectivity index (χ0n) is 20.4. The minimum atomic E-state index is -1.01. The van der Waals surface area contributed by atoms with Crippen molar-refractivity contribution in [3.63, 3.8) is 0 Å². The first-order chi connectivity index (χ1) is 19.2. The molecule has 2 aromatic heterocycles. The van der Waals surface area contributed by atoms with Crippen LogP contribution < -0.4 is 15.6 Å². The predicted octanol–water partition coefficient (Wildman–Crippen LogP) is 4.15. The number of ether oxygens (including phenoxy) is 1. The number of aromatic hydroxyl groups is 4. The number of allylic oxidation sites excluding steroid dienone is 2. The van der Waals surface area contributed by atoms with Gasteiger partial charge in [-0.05, 0) is 30.3 Å². The normalized spacial score (nSPS) is 16.8. The van der Waals surface area contributed by atoms with Gasteiger partial charge in [-0.2, -0.15) is 0 Å². The third kappa shape index (κ3) is 4.42. The lowest BCUT2D eigenvalue weighted by molar-refractivity contribution is 0.0964. The molecule has 0 fully saturated rings. The van der Waals surface area contributed by atoms with Gasteiger partial charge in [0.2, 0.25) is 0 Å². The highest BCUT2D eigenvalue weighted by Gasteiger charge is 2.23. The molecule has 0 spiro atoms. The Labute approximate surface area is 224 Å². The SMILES string of the molecule is O=c1cc(C2=CC(Oc3ccc(-c4cc(=O)c5c(O)cc(O)cc5o4)cc3)C(O)C=C2)oc2cc(O)cc(O)c12. The Bertz CT molecular complexity index is 1980. The summed E-state index contributed by atoms with van der Waals surface area (Å²) in [4.78, 5) is 25.1. The quantitative estimate of drug-likeness (QED) is 0.223. The van der Waals surface area contributed by atoms with Crippen molar-refractivity contribution in [1.82, 2.24) is 0 Å². The van der Waals surface area contributed by atoms with Gasteiger partial charge in [0.1, 0.15) is 74.4 Å². The number of hydrogen-bond donors (Lipinski definition) is 5. The second-order valence-electron chi connectivity index (χ2n) is 9.20. The largest absolute Gasteiger partial charge is 0.508 e. The summed E-state index contributed by atoms with van der Waals surface area (Å²) in [6, 6.07) is 13.5. The smallest absolute Gasteiger partial charge is 0.197 e. The first-order valence-corrected chi connectivity index (χ1v) is 12.0. The second kappa shape index (κ2) is 9.37.